The van der Waals surface area contributed by atoms with E-state index in [0.29, 0.717) is 0 Å². The number of ether oxygens (including phenoxy) is 1. The van der Waals surface area contributed by atoms with Crippen LogP contribution in [-0.4, -0.2) is 42.7 Å². The summed E-state index contributed by atoms with van der Waals surface area (Å²) < 4.78 is 66.5. The third kappa shape index (κ3) is 4.76. The number of sulfonamides is 1. The molecule has 0 aliphatic rings. The normalized spacial score (nSPS) is 12.1. The van der Waals surface area contributed by atoms with E-state index in [4.69, 9.17) is 0 Å². The molecule has 118 valence electrons. The maximum absolute atomic E-state index is 13.6. The molecule has 0 fully saturated rings. The zero-order valence-corrected chi connectivity index (χ0v) is 12.9. The van der Waals surface area contributed by atoms with Gasteiger partial charge in [-0.05, 0) is 18.2 Å². The van der Waals surface area contributed by atoms with Crippen LogP contribution in [0.1, 0.15) is 6.42 Å². The SMILES string of the molecule is COC(=O)CCNS(=O)(=O)c1cc(S(C)(=O)=O)ccc1F. The van der Waals surface area contributed by atoms with Crippen LogP contribution in [-0.2, 0) is 29.4 Å². The first-order valence-electron chi connectivity index (χ1n) is 5.64. The van der Waals surface area contributed by atoms with E-state index in [-0.39, 0.29) is 17.9 Å². The number of benzene rings is 1. The van der Waals surface area contributed by atoms with Gasteiger partial charge in [-0.3, -0.25) is 4.79 Å². The van der Waals surface area contributed by atoms with E-state index in [1.54, 1.807) is 0 Å². The average Bonchev–Trinajstić information content (AvgIpc) is 2.37. The average molecular weight is 339 g/mol. The Kier molecular flexibility index (Phi) is 5.42. The second-order valence-corrected chi connectivity index (χ2v) is 7.84. The van der Waals surface area contributed by atoms with Gasteiger partial charge in [0.25, 0.3) is 0 Å². The summed E-state index contributed by atoms with van der Waals surface area (Å²) in [5, 5.41) is 0. The van der Waals surface area contributed by atoms with Crippen LogP contribution in [0.5, 0.6) is 0 Å². The van der Waals surface area contributed by atoms with Gasteiger partial charge in [0.15, 0.2) is 9.84 Å². The van der Waals surface area contributed by atoms with Crippen LogP contribution in [0.3, 0.4) is 0 Å². The summed E-state index contributed by atoms with van der Waals surface area (Å²) in [6.45, 7) is -0.294. The van der Waals surface area contributed by atoms with E-state index in [1.807, 2.05) is 4.72 Å². The Bertz CT molecular complexity index is 742. The fourth-order valence-corrected chi connectivity index (χ4v) is 3.24. The lowest BCUT2D eigenvalue weighted by Gasteiger charge is -2.08. The Morgan fingerprint density at radius 3 is 2.43 bits per heavy atom. The molecule has 0 bridgehead atoms. The Balaban J connectivity index is 3.05. The van der Waals surface area contributed by atoms with Crippen LogP contribution in [0.2, 0.25) is 0 Å². The van der Waals surface area contributed by atoms with Gasteiger partial charge < -0.3 is 4.74 Å². The minimum absolute atomic E-state index is 0.233. The van der Waals surface area contributed by atoms with Crippen molar-refractivity contribution in [1.82, 2.24) is 4.72 Å². The van der Waals surface area contributed by atoms with Crippen LogP contribution in [0, 0.1) is 5.82 Å². The topological polar surface area (TPSA) is 107 Å². The smallest absolute Gasteiger partial charge is 0.306 e. The van der Waals surface area contributed by atoms with E-state index in [2.05, 4.69) is 4.74 Å². The van der Waals surface area contributed by atoms with Gasteiger partial charge in [0, 0.05) is 12.8 Å². The number of carbonyl (C=O) groups is 1. The molecule has 0 aliphatic carbocycles. The summed E-state index contributed by atoms with van der Waals surface area (Å²) in [5.41, 5.74) is 0. The number of carbonyl (C=O) groups excluding carboxylic acids is 1. The summed E-state index contributed by atoms with van der Waals surface area (Å²) >= 11 is 0. The number of hydrogen-bond donors (Lipinski definition) is 1. The quantitative estimate of drug-likeness (QED) is 0.581. The number of rotatable bonds is 6. The molecule has 0 heterocycles. The van der Waals surface area contributed by atoms with Crippen LogP contribution in [0.4, 0.5) is 4.39 Å². The van der Waals surface area contributed by atoms with Crippen LogP contribution in [0.15, 0.2) is 28.0 Å². The first-order valence-corrected chi connectivity index (χ1v) is 9.01. The van der Waals surface area contributed by atoms with Gasteiger partial charge >= 0.3 is 5.97 Å². The molecule has 0 aliphatic heterocycles. The predicted octanol–water partition coefficient (Wildman–Crippen LogP) is 0.0706. The second-order valence-electron chi connectivity index (χ2n) is 4.09. The predicted molar refractivity (Wildman–Crippen MR) is 71.3 cm³/mol. The lowest BCUT2D eigenvalue weighted by Crippen LogP contribution is -2.27. The summed E-state index contributed by atoms with van der Waals surface area (Å²) in [6.07, 6.45) is 0.643. The lowest BCUT2D eigenvalue weighted by atomic mass is 10.3. The van der Waals surface area contributed by atoms with Crippen molar-refractivity contribution in [2.45, 2.75) is 16.2 Å². The van der Waals surface area contributed by atoms with Gasteiger partial charge in [-0.25, -0.2) is 25.9 Å². The highest BCUT2D eigenvalue weighted by molar-refractivity contribution is 7.91. The highest BCUT2D eigenvalue weighted by atomic mass is 32.2. The van der Waals surface area contributed by atoms with Crippen molar-refractivity contribution in [3.8, 4) is 0 Å². The zero-order valence-electron chi connectivity index (χ0n) is 11.3. The maximum atomic E-state index is 13.6. The molecule has 0 spiro atoms. The molecule has 0 radical (unpaired) electrons. The third-order valence-electron chi connectivity index (χ3n) is 2.47. The largest absolute Gasteiger partial charge is 0.469 e. The lowest BCUT2D eigenvalue weighted by molar-refractivity contribution is -0.140. The molecule has 0 unspecified atom stereocenters. The Morgan fingerprint density at radius 2 is 1.90 bits per heavy atom. The fourth-order valence-electron chi connectivity index (χ4n) is 1.39. The van der Waals surface area contributed by atoms with Crippen LogP contribution < -0.4 is 4.72 Å². The molecule has 7 nitrogen and oxygen atoms in total. The molecule has 1 rings (SSSR count). The molecule has 1 aromatic rings. The van der Waals surface area contributed by atoms with Crippen molar-refractivity contribution in [2.24, 2.45) is 0 Å². The number of hydrogen-bond acceptors (Lipinski definition) is 6. The van der Waals surface area contributed by atoms with Crippen LogP contribution >= 0.6 is 0 Å². The van der Waals surface area contributed by atoms with E-state index >= 15 is 0 Å². The molecule has 1 aromatic carbocycles. The van der Waals surface area contributed by atoms with Gasteiger partial charge in [-0.15, -0.1) is 0 Å². The second kappa shape index (κ2) is 6.50. The van der Waals surface area contributed by atoms with Gasteiger partial charge in [0.1, 0.15) is 10.7 Å². The molecular weight excluding hydrogens is 325 g/mol. The Labute approximate surface area is 122 Å². The summed E-state index contributed by atoms with van der Waals surface area (Å²) in [6, 6.07) is 2.45. The minimum Gasteiger partial charge on any atom is -0.469 e. The molecule has 0 amide bonds. The Hall–Kier alpha value is -1.52. The standard InChI is InChI=1S/C11H14FNO6S2/c1-19-11(14)5-6-13-21(17,18)10-7-8(20(2,15)16)3-4-9(10)12/h3-4,7,13H,5-6H2,1-2H3. The number of sulfone groups is 1. The molecule has 0 saturated carbocycles. The van der Waals surface area contributed by atoms with Crippen molar-refractivity contribution in [2.75, 3.05) is 19.9 Å². The van der Waals surface area contributed by atoms with Crippen LogP contribution in [0.25, 0.3) is 0 Å². The van der Waals surface area contributed by atoms with E-state index in [9.17, 15) is 26.0 Å². The van der Waals surface area contributed by atoms with Crippen molar-refractivity contribution >= 4 is 25.8 Å². The minimum atomic E-state index is -4.27. The molecule has 0 saturated heterocycles. The van der Waals surface area contributed by atoms with E-state index < -0.39 is 36.5 Å². The molecule has 0 aromatic heterocycles. The molecule has 1 N–H and O–H groups in total. The summed E-state index contributed by atoms with van der Waals surface area (Å²) in [5.74, 6) is -1.73. The highest BCUT2D eigenvalue weighted by Crippen LogP contribution is 2.19. The first kappa shape index (κ1) is 17.5. The number of methoxy groups -OCH3 is 1. The van der Waals surface area contributed by atoms with Gasteiger partial charge in [0.2, 0.25) is 10.0 Å². The van der Waals surface area contributed by atoms with E-state index in [1.165, 1.54) is 0 Å². The fraction of sp³-hybridized carbons (Fsp3) is 0.364. The Morgan fingerprint density at radius 1 is 1.29 bits per heavy atom. The molecule has 10 heteroatoms. The molecule has 21 heavy (non-hydrogen) atoms. The molecular formula is C11H14FNO6S2. The number of esters is 1. The van der Waals surface area contributed by atoms with Crippen molar-refractivity contribution in [1.29, 1.82) is 0 Å². The van der Waals surface area contributed by atoms with Crippen molar-refractivity contribution < 1.29 is 30.8 Å². The van der Waals surface area contributed by atoms with E-state index in [0.717, 1.165) is 31.6 Å². The van der Waals surface area contributed by atoms with Crippen molar-refractivity contribution in [3.63, 3.8) is 0 Å². The first-order chi connectivity index (χ1) is 9.58. The van der Waals surface area contributed by atoms with Crippen molar-refractivity contribution in [3.05, 3.63) is 24.0 Å². The maximum Gasteiger partial charge on any atom is 0.306 e. The number of halogens is 1. The zero-order chi connectivity index (χ0) is 16.3. The van der Waals surface area contributed by atoms with Gasteiger partial charge in [0.05, 0.1) is 18.4 Å². The monoisotopic (exact) mass is 339 g/mol. The van der Waals surface area contributed by atoms with Gasteiger partial charge in [-0.2, -0.15) is 0 Å². The summed E-state index contributed by atoms with van der Waals surface area (Å²) in [4.78, 5) is 9.76. The summed E-state index contributed by atoms with van der Waals surface area (Å²) in [7, 11) is -6.80. The molecule has 0 atom stereocenters. The number of nitrogens with one attached hydrogen (secondary N) is 1. The van der Waals surface area contributed by atoms with Gasteiger partial charge in [-0.1, -0.05) is 0 Å². The highest BCUT2D eigenvalue weighted by Gasteiger charge is 2.21. The third-order valence-corrected chi connectivity index (χ3v) is 5.06.